The number of hydrogen-bond acceptors (Lipinski definition) is 2. The molecule has 0 unspecified atom stereocenters. The van der Waals surface area contributed by atoms with E-state index in [1.54, 1.807) is 12.1 Å². The van der Waals surface area contributed by atoms with Crippen molar-refractivity contribution in [2.45, 2.75) is 5.51 Å². The lowest BCUT2D eigenvalue weighted by Gasteiger charge is -2.11. The lowest BCUT2D eigenvalue weighted by atomic mass is 10.3. The minimum atomic E-state index is -4.21. The first-order chi connectivity index (χ1) is 7.79. The molecule has 0 bridgehead atoms. The number of thioether (sulfide) groups is 1. The second kappa shape index (κ2) is 6.41. The van der Waals surface area contributed by atoms with Crippen LogP contribution in [0.3, 0.4) is 0 Å². The topological polar surface area (TPSA) is 12.0 Å². The second-order valence-electron chi connectivity index (χ2n) is 2.97. The molecule has 1 nitrogen and oxygen atoms in total. The molecule has 0 aliphatic carbocycles. The predicted octanol–water partition coefficient (Wildman–Crippen LogP) is 5.42. The molecule has 96 valence electrons. The average Bonchev–Trinajstić information content (AvgIpc) is 2.13. The number of rotatable bonds is 4. The quantitative estimate of drug-likeness (QED) is 0.712. The lowest BCUT2D eigenvalue weighted by molar-refractivity contribution is -0.0327. The van der Waals surface area contributed by atoms with Crippen molar-refractivity contribution >= 4 is 56.6 Å². The number of nitrogens with one attached hydrogen (secondary N) is 1. The molecule has 0 saturated carbocycles. The summed E-state index contributed by atoms with van der Waals surface area (Å²) in [4.78, 5) is 0. The van der Waals surface area contributed by atoms with E-state index >= 15 is 0 Å². The Morgan fingerprint density at radius 2 is 1.76 bits per heavy atom. The Morgan fingerprint density at radius 1 is 1.24 bits per heavy atom. The Kier molecular flexibility index (Phi) is 5.76. The minimum absolute atomic E-state index is 0.0902. The maximum atomic E-state index is 11.9. The van der Waals surface area contributed by atoms with Crippen LogP contribution < -0.4 is 5.32 Å². The van der Waals surface area contributed by atoms with Gasteiger partial charge in [-0.3, -0.25) is 0 Å². The van der Waals surface area contributed by atoms with Crippen molar-refractivity contribution in [1.82, 2.24) is 0 Å². The highest BCUT2D eigenvalue weighted by Crippen LogP contribution is 2.34. The zero-order valence-electron chi connectivity index (χ0n) is 8.24. The third-order valence-corrected chi connectivity index (χ3v) is 3.47. The first-order valence-electron chi connectivity index (χ1n) is 4.38. The van der Waals surface area contributed by atoms with E-state index < -0.39 is 5.51 Å². The van der Waals surface area contributed by atoms with Crippen molar-refractivity contribution in [2.75, 3.05) is 17.6 Å². The highest BCUT2D eigenvalue weighted by molar-refractivity contribution is 9.10. The number of anilines is 1. The van der Waals surface area contributed by atoms with E-state index in [1.807, 2.05) is 0 Å². The molecular formula is C9H7BrCl2F3NS. The van der Waals surface area contributed by atoms with Crippen molar-refractivity contribution < 1.29 is 13.2 Å². The molecule has 0 fully saturated rings. The van der Waals surface area contributed by atoms with E-state index in [0.29, 0.717) is 20.2 Å². The number of hydrogen-bond donors (Lipinski definition) is 1. The van der Waals surface area contributed by atoms with Crippen LogP contribution in [-0.2, 0) is 0 Å². The zero-order valence-corrected chi connectivity index (χ0v) is 12.2. The van der Waals surface area contributed by atoms with Gasteiger partial charge < -0.3 is 5.32 Å². The first-order valence-corrected chi connectivity index (χ1v) is 6.92. The van der Waals surface area contributed by atoms with Gasteiger partial charge in [-0.1, -0.05) is 39.1 Å². The third kappa shape index (κ3) is 5.59. The molecular weight excluding hydrogens is 362 g/mol. The zero-order chi connectivity index (χ0) is 13.1. The van der Waals surface area contributed by atoms with Gasteiger partial charge in [-0.25, -0.2) is 0 Å². The fourth-order valence-corrected chi connectivity index (χ4v) is 2.83. The van der Waals surface area contributed by atoms with Crippen LogP contribution >= 0.6 is 50.9 Å². The van der Waals surface area contributed by atoms with Gasteiger partial charge in [0.15, 0.2) is 0 Å². The molecule has 0 heterocycles. The summed E-state index contributed by atoms with van der Waals surface area (Å²) < 4.78 is 36.3. The molecule has 8 heteroatoms. The van der Waals surface area contributed by atoms with E-state index in [0.717, 1.165) is 0 Å². The Balaban J connectivity index is 2.53. The molecule has 1 aromatic rings. The number of alkyl halides is 3. The highest BCUT2D eigenvalue weighted by atomic mass is 79.9. The molecule has 0 saturated heterocycles. The Bertz CT molecular complexity index is 377. The van der Waals surface area contributed by atoms with E-state index in [2.05, 4.69) is 21.2 Å². The van der Waals surface area contributed by atoms with Crippen molar-refractivity contribution in [1.29, 1.82) is 0 Å². The van der Waals surface area contributed by atoms with Crippen LogP contribution in [0.15, 0.2) is 16.6 Å². The van der Waals surface area contributed by atoms with Crippen molar-refractivity contribution in [2.24, 2.45) is 0 Å². The van der Waals surface area contributed by atoms with Crippen molar-refractivity contribution in [3.63, 3.8) is 0 Å². The van der Waals surface area contributed by atoms with E-state index in [9.17, 15) is 13.2 Å². The van der Waals surface area contributed by atoms with Gasteiger partial charge in [0.2, 0.25) is 0 Å². The molecule has 1 N–H and O–H groups in total. The number of benzene rings is 1. The van der Waals surface area contributed by atoms with Gasteiger partial charge >= 0.3 is 5.51 Å². The highest BCUT2D eigenvalue weighted by Gasteiger charge is 2.27. The normalized spacial score (nSPS) is 11.6. The van der Waals surface area contributed by atoms with Crippen LogP contribution in [0.1, 0.15) is 0 Å². The predicted molar refractivity (Wildman–Crippen MR) is 71.2 cm³/mol. The lowest BCUT2D eigenvalue weighted by Crippen LogP contribution is -2.10. The molecule has 0 atom stereocenters. The molecule has 1 rings (SSSR count). The summed E-state index contributed by atoms with van der Waals surface area (Å²) in [5, 5.41) is 3.50. The minimum Gasteiger partial charge on any atom is -0.382 e. The molecule has 0 aromatic heterocycles. The molecule has 0 aliphatic rings. The van der Waals surface area contributed by atoms with Gasteiger partial charge in [0.1, 0.15) is 0 Å². The standard InChI is InChI=1S/C9H7BrCl2F3NS/c10-5-3-6(11)8(7(12)4-5)16-1-2-17-9(13,14)15/h3-4,16H,1-2H2. The summed E-state index contributed by atoms with van der Waals surface area (Å²) in [6, 6.07) is 3.24. The monoisotopic (exact) mass is 367 g/mol. The van der Waals surface area contributed by atoms with Crippen molar-refractivity contribution in [3.05, 3.63) is 26.7 Å². The van der Waals surface area contributed by atoms with E-state index in [1.165, 1.54) is 0 Å². The SMILES string of the molecule is FC(F)(F)SCCNc1c(Cl)cc(Br)cc1Cl. The molecule has 0 spiro atoms. The van der Waals surface area contributed by atoms with Crippen LogP contribution in [-0.4, -0.2) is 17.8 Å². The summed E-state index contributed by atoms with van der Waals surface area (Å²) in [7, 11) is 0. The van der Waals surface area contributed by atoms with Crippen molar-refractivity contribution in [3.8, 4) is 0 Å². The summed E-state index contributed by atoms with van der Waals surface area (Å²) in [6.07, 6.45) is 0. The van der Waals surface area contributed by atoms with Gasteiger partial charge in [-0.2, -0.15) is 13.2 Å². The van der Waals surface area contributed by atoms with Gasteiger partial charge in [-0.15, -0.1) is 0 Å². The smallest absolute Gasteiger partial charge is 0.382 e. The second-order valence-corrected chi connectivity index (χ2v) is 5.86. The van der Waals surface area contributed by atoms with Gasteiger partial charge in [0, 0.05) is 16.8 Å². The Morgan fingerprint density at radius 3 is 2.24 bits per heavy atom. The molecule has 0 amide bonds. The molecule has 1 aromatic carbocycles. The summed E-state index contributed by atoms with van der Waals surface area (Å²) in [5.41, 5.74) is -3.77. The third-order valence-electron chi connectivity index (χ3n) is 1.68. The molecule has 0 radical (unpaired) electrons. The van der Waals surface area contributed by atoms with E-state index in [4.69, 9.17) is 23.2 Å². The molecule has 0 aliphatic heterocycles. The van der Waals surface area contributed by atoms with Gasteiger partial charge in [0.25, 0.3) is 0 Å². The first kappa shape index (κ1) is 15.3. The maximum absolute atomic E-state index is 11.9. The van der Waals surface area contributed by atoms with Gasteiger partial charge in [0.05, 0.1) is 15.7 Å². The average molecular weight is 369 g/mol. The summed E-state index contributed by atoms with van der Waals surface area (Å²) >= 11 is 14.9. The van der Waals surface area contributed by atoms with Crippen LogP contribution in [0.5, 0.6) is 0 Å². The van der Waals surface area contributed by atoms with Crippen LogP contribution in [0.25, 0.3) is 0 Å². The number of halogens is 6. The van der Waals surface area contributed by atoms with Gasteiger partial charge in [-0.05, 0) is 23.9 Å². The van der Waals surface area contributed by atoms with E-state index in [-0.39, 0.29) is 24.1 Å². The van der Waals surface area contributed by atoms with Crippen LogP contribution in [0.4, 0.5) is 18.9 Å². The maximum Gasteiger partial charge on any atom is 0.441 e. The summed E-state index contributed by atoms with van der Waals surface area (Å²) in [6.45, 7) is 0.130. The van der Waals surface area contributed by atoms with Crippen LogP contribution in [0.2, 0.25) is 10.0 Å². The molecule has 17 heavy (non-hydrogen) atoms. The Labute approximate surface area is 119 Å². The largest absolute Gasteiger partial charge is 0.441 e. The summed E-state index contributed by atoms with van der Waals surface area (Å²) in [5.74, 6) is -0.105. The van der Waals surface area contributed by atoms with Crippen LogP contribution in [0, 0.1) is 0 Å². The Hall–Kier alpha value is 0.220. The fourth-order valence-electron chi connectivity index (χ4n) is 1.05. The fraction of sp³-hybridized carbons (Fsp3) is 0.333.